The van der Waals surface area contributed by atoms with E-state index in [1.165, 1.54) is 41.3 Å². The summed E-state index contributed by atoms with van der Waals surface area (Å²) >= 11 is 0. The number of pyridine rings is 1. The Balaban J connectivity index is 1.56. The second-order valence-corrected chi connectivity index (χ2v) is 10.4. The number of carbonyl (C=O) groups is 2. The van der Waals surface area contributed by atoms with Crippen LogP contribution in [0.5, 0.6) is 11.6 Å². The van der Waals surface area contributed by atoms with Crippen LogP contribution in [0.15, 0.2) is 47.5 Å². The highest BCUT2D eigenvalue weighted by Gasteiger charge is 2.53. The van der Waals surface area contributed by atoms with Crippen LogP contribution in [-0.4, -0.2) is 89.8 Å². The monoisotopic (exact) mass is 492 g/mol. The van der Waals surface area contributed by atoms with Crippen molar-refractivity contribution in [2.24, 2.45) is 0 Å². The molecule has 0 spiro atoms. The third kappa shape index (κ3) is 4.61. The molecule has 0 saturated carbocycles. The van der Waals surface area contributed by atoms with E-state index in [4.69, 9.17) is 4.74 Å². The first-order valence-corrected chi connectivity index (χ1v) is 12.1. The third-order valence-electron chi connectivity index (χ3n) is 6.18. The number of likely N-dealkylation sites (N-methyl/N-ethyl adjacent to an activating group) is 1. The average Bonchev–Trinajstić information content (AvgIpc) is 3.04. The molecule has 2 bridgehead atoms. The number of carbonyl (C=O) groups excluding carboxylic acids is 1. The van der Waals surface area contributed by atoms with Gasteiger partial charge in [-0.1, -0.05) is 0 Å². The molecule has 2 aliphatic heterocycles. The number of hydrogen-bond acceptors (Lipinski definition) is 7. The van der Waals surface area contributed by atoms with Crippen LogP contribution in [-0.2, 0) is 19.6 Å². The summed E-state index contributed by atoms with van der Waals surface area (Å²) in [6.07, 6.45) is 2.19. The molecule has 0 radical (unpaired) electrons. The smallest absolute Gasteiger partial charge is 0.323 e. The van der Waals surface area contributed by atoms with Gasteiger partial charge in [-0.25, -0.2) is 17.8 Å². The fourth-order valence-corrected chi connectivity index (χ4v) is 6.03. The number of fused-ring (bicyclic) bond motifs is 2. The van der Waals surface area contributed by atoms with Crippen LogP contribution in [0.3, 0.4) is 0 Å². The molecule has 2 aromatic rings. The third-order valence-corrected chi connectivity index (χ3v) is 8.01. The van der Waals surface area contributed by atoms with E-state index < -0.39 is 33.9 Å². The van der Waals surface area contributed by atoms with Crippen LogP contribution < -0.4 is 4.74 Å². The number of amides is 1. The summed E-state index contributed by atoms with van der Waals surface area (Å²) in [5.74, 6) is -1.42. The normalized spacial score (nSPS) is 23.0. The van der Waals surface area contributed by atoms with E-state index >= 15 is 0 Å². The molecular formula is C22H25FN4O6S. The summed E-state index contributed by atoms with van der Waals surface area (Å²) in [5, 5.41) is 9.94. The molecule has 34 heavy (non-hydrogen) atoms. The van der Waals surface area contributed by atoms with Crippen molar-refractivity contribution in [3.8, 4) is 11.6 Å². The zero-order valence-electron chi connectivity index (χ0n) is 18.7. The Morgan fingerprint density at radius 3 is 2.47 bits per heavy atom. The van der Waals surface area contributed by atoms with Gasteiger partial charge in [-0.2, -0.15) is 4.31 Å². The van der Waals surface area contributed by atoms with E-state index in [1.54, 1.807) is 14.1 Å². The van der Waals surface area contributed by atoms with Crippen LogP contribution >= 0.6 is 0 Å². The number of halogens is 1. The standard InChI is InChI=1S/C22H25FN4O6S/c1-25(2)20(28)13-26-15-5-9-18(26)21(22(29)30)27(12-15)34(31,32)17-8-10-19(24-11-17)33-16-6-3-14(23)4-7-16/h3-4,6-8,10-11,15,18,21H,5,9,12-13H2,1-2H3,(H,29,30)/t15-,18+,21-/m1/s1. The molecule has 1 N–H and O–H groups in total. The van der Waals surface area contributed by atoms with Gasteiger partial charge in [-0.05, 0) is 43.2 Å². The molecule has 1 aromatic heterocycles. The van der Waals surface area contributed by atoms with Crippen LogP contribution in [0, 0.1) is 5.82 Å². The number of rotatable bonds is 7. The second kappa shape index (κ2) is 9.28. The summed E-state index contributed by atoms with van der Waals surface area (Å²) in [6.45, 7) is 0.00131. The van der Waals surface area contributed by atoms with Gasteiger partial charge >= 0.3 is 5.97 Å². The van der Waals surface area contributed by atoms with Crippen LogP contribution in [0.1, 0.15) is 12.8 Å². The quantitative estimate of drug-likeness (QED) is 0.616. The van der Waals surface area contributed by atoms with Crippen molar-refractivity contribution in [3.63, 3.8) is 0 Å². The lowest BCUT2D eigenvalue weighted by molar-refractivity contribution is -0.147. The Bertz CT molecular complexity index is 1170. The van der Waals surface area contributed by atoms with Gasteiger partial charge in [0, 0.05) is 38.8 Å². The van der Waals surface area contributed by atoms with Crippen molar-refractivity contribution in [3.05, 3.63) is 48.4 Å². The number of hydrogen-bond donors (Lipinski definition) is 1. The van der Waals surface area contributed by atoms with Crippen LogP contribution in [0.2, 0.25) is 0 Å². The fourth-order valence-electron chi connectivity index (χ4n) is 4.43. The van der Waals surface area contributed by atoms with Crippen molar-refractivity contribution < 1.29 is 32.2 Å². The maximum absolute atomic E-state index is 13.4. The number of carboxylic acids is 1. The van der Waals surface area contributed by atoms with Crippen molar-refractivity contribution in [1.82, 2.24) is 19.1 Å². The maximum Gasteiger partial charge on any atom is 0.323 e. The zero-order chi connectivity index (χ0) is 24.6. The lowest BCUT2D eigenvalue weighted by atomic mass is 10.1. The largest absolute Gasteiger partial charge is 0.480 e. The number of carboxylic acid groups (broad SMARTS) is 1. The van der Waals surface area contributed by atoms with Gasteiger partial charge in [0.05, 0.1) is 12.7 Å². The minimum atomic E-state index is -4.18. The van der Waals surface area contributed by atoms with Gasteiger partial charge < -0.3 is 14.7 Å². The van der Waals surface area contributed by atoms with Crippen LogP contribution in [0.4, 0.5) is 4.39 Å². The van der Waals surface area contributed by atoms with Crippen LogP contribution in [0.25, 0.3) is 0 Å². The number of aliphatic carboxylic acids is 1. The Hall–Kier alpha value is -3.09. The first-order chi connectivity index (χ1) is 16.1. The molecule has 0 unspecified atom stereocenters. The molecular weight excluding hydrogens is 467 g/mol. The highest BCUT2D eigenvalue weighted by atomic mass is 32.2. The number of aromatic nitrogens is 1. The summed E-state index contributed by atoms with van der Waals surface area (Å²) < 4.78 is 46.4. The lowest BCUT2D eigenvalue weighted by Crippen LogP contribution is -2.64. The summed E-state index contributed by atoms with van der Waals surface area (Å²) in [6, 6.07) is 5.73. The van der Waals surface area contributed by atoms with E-state index in [0.29, 0.717) is 18.6 Å². The van der Waals surface area contributed by atoms with Crippen molar-refractivity contribution >= 4 is 21.9 Å². The first-order valence-electron chi connectivity index (χ1n) is 10.7. The molecule has 10 nitrogen and oxygen atoms in total. The zero-order valence-corrected chi connectivity index (χ0v) is 19.5. The van der Waals surface area contributed by atoms with Crippen molar-refractivity contribution in [1.29, 1.82) is 0 Å². The number of sulfonamides is 1. The van der Waals surface area contributed by atoms with E-state index in [2.05, 4.69) is 4.98 Å². The van der Waals surface area contributed by atoms with E-state index in [9.17, 15) is 27.5 Å². The fraction of sp³-hybridized carbons (Fsp3) is 0.409. The molecule has 2 aliphatic rings. The number of benzene rings is 1. The van der Waals surface area contributed by atoms with E-state index in [1.807, 2.05) is 4.90 Å². The molecule has 1 aromatic carbocycles. The molecule has 1 amide bonds. The minimum Gasteiger partial charge on any atom is -0.480 e. The van der Waals surface area contributed by atoms with Crippen molar-refractivity contribution in [2.45, 2.75) is 35.9 Å². The summed E-state index contributed by atoms with van der Waals surface area (Å²) in [4.78, 5) is 31.5. The summed E-state index contributed by atoms with van der Waals surface area (Å²) in [5.41, 5.74) is 0. The van der Waals surface area contributed by atoms with Gasteiger partial charge in [0.15, 0.2) is 0 Å². The number of piperazine rings is 1. The summed E-state index contributed by atoms with van der Waals surface area (Å²) in [7, 11) is -0.940. The van der Waals surface area contributed by atoms with Gasteiger partial charge in [0.2, 0.25) is 21.8 Å². The Morgan fingerprint density at radius 1 is 1.18 bits per heavy atom. The SMILES string of the molecule is CN(C)C(=O)CN1[C@@H]2CC[C@H]1[C@H](C(=O)O)N(S(=O)(=O)c1ccc(Oc3ccc(F)cc3)nc1)C2. The Kier molecular flexibility index (Phi) is 6.56. The van der Waals surface area contributed by atoms with Crippen molar-refractivity contribution in [2.75, 3.05) is 27.2 Å². The maximum atomic E-state index is 13.4. The molecule has 2 fully saturated rings. The van der Waals surface area contributed by atoms with E-state index in [-0.39, 0.29) is 35.8 Å². The molecule has 0 aliphatic carbocycles. The molecule has 2 saturated heterocycles. The average molecular weight is 493 g/mol. The van der Waals surface area contributed by atoms with Gasteiger partial charge in [-0.3, -0.25) is 14.5 Å². The predicted octanol–water partition coefficient (Wildman–Crippen LogP) is 1.39. The highest BCUT2D eigenvalue weighted by molar-refractivity contribution is 7.89. The predicted molar refractivity (Wildman–Crippen MR) is 118 cm³/mol. The van der Waals surface area contributed by atoms with Gasteiger partial charge in [-0.15, -0.1) is 0 Å². The Labute approximate surface area is 196 Å². The topological polar surface area (TPSA) is 120 Å². The second-order valence-electron chi connectivity index (χ2n) is 8.50. The minimum absolute atomic E-state index is 0.0374. The molecule has 3 heterocycles. The molecule has 12 heteroatoms. The molecule has 182 valence electrons. The number of nitrogens with zero attached hydrogens (tertiary/aromatic N) is 4. The molecule has 4 rings (SSSR count). The van der Waals surface area contributed by atoms with Gasteiger partial charge in [0.25, 0.3) is 0 Å². The lowest BCUT2D eigenvalue weighted by Gasteiger charge is -2.44. The Morgan fingerprint density at radius 2 is 1.88 bits per heavy atom. The highest BCUT2D eigenvalue weighted by Crippen LogP contribution is 2.37. The van der Waals surface area contributed by atoms with E-state index in [0.717, 1.165) is 10.5 Å². The molecule has 3 atom stereocenters. The first kappa shape index (κ1) is 24.0. The number of ether oxygens (including phenoxy) is 1. The van der Waals surface area contributed by atoms with Gasteiger partial charge in [0.1, 0.15) is 22.5 Å².